The molecular formula is C25H30N4S. The van der Waals surface area contributed by atoms with Gasteiger partial charge in [-0.15, -0.1) is 11.3 Å². The van der Waals surface area contributed by atoms with Crippen LogP contribution < -0.4 is 11.1 Å². The maximum Gasteiger partial charge on any atom is 0.141 e. The molecule has 0 spiro atoms. The predicted octanol–water partition coefficient (Wildman–Crippen LogP) is 5.30. The summed E-state index contributed by atoms with van der Waals surface area (Å²) in [5.41, 5.74) is 8.85. The van der Waals surface area contributed by atoms with Crippen molar-refractivity contribution in [1.29, 1.82) is 0 Å². The molecule has 7 rings (SSSR count). The number of fused-ring (bicyclic) bond motifs is 1. The summed E-state index contributed by atoms with van der Waals surface area (Å²) in [6.07, 6.45) is 10.8. The Morgan fingerprint density at radius 2 is 2.03 bits per heavy atom. The number of aromatic nitrogens is 1. The maximum absolute atomic E-state index is 6.15. The highest BCUT2D eigenvalue weighted by molar-refractivity contribution is 7.12. The zero-order valence-corrected chi connectivity index (χ0v) is 18.2. The largest absolute Gasteiger partial charge is 0.383 e. The van der Waals surface area contributed by atoms with Crippen LogP contribution in [0.4, 0.5) is 5.69 Å². The summed E-state index contributed by atoms with van der Waals surface area (Å²) in [5.74, 6) is 3.60. The molecular weight excluding hydrogens is 388 g/mol. The Morgan fingerprint density at radius 3 is 2.83 bits per heavy atom. The minimum atomic E-state index is 0.502. The molecule has 3 aromatic rings. The fourth-order valence-electron chi connectivity index (χ4n) is 6.74. The van der Waals surface area contributed by atoms with E-state index in [1.807, 2.05) is 17.5 Å². The van der Waals surface area contributed by atoms with E-state index in [2.05, 4.69) is 45.3 Å². The van der Waals surface area contributed by atoms with Crippen LogP contribution in [0.2, 0.25) is 0 Å². The van der Waals surface area contributed by atoms with Crippen molar-refractivity contribution in [2.24, 2.45) is 28.5 Å². The number of benzene rings is 1. The van der Waals surface area contributed by atoms with Gasteiger partial charge in [0.05, 0.1) is 10.6 Å². The zero-order chi connectivity index (χ0) is 20.1. The molecule has 1 aromatic carbocycles. The lowest BCUT2D eigenvalue weighted by molar-refractivity contribution is 0.233. The van der Waals surface area contributed by atoms with E-state index in [1.54, 1.807) is 11.3 Å². The van der Waals surface area contributed by atoms with Crippen LogP contribution in [0.1, 0.15) is 43.4 Å². The van der Waals surface area contributed by atoms with E-state index >= 15 is 0 Å². The molecule has 4 nitrogen and oxygen atoms in total. The summed E-state index contributed by atoms with van der Waals surface area (Å²) in [4.78, 5) is 5.62. The van der Waals surface area contributed by atoms with Crippen LogP contribution in [0.5, 0.6) is 0 Å². The first-order valence-electron chi connectivity index (χ1n) is 11.4. The van der Waals surface area contributed by atoms with Gasteiger partial charge in [0.15, 0.2) is 0 Å². The second kappa shape index (κ2) is 7.24. The van der Waals surface area contributed by atoms with Gasteiger partial charge >= 0.3 is 0 Å². The van der Waals surface area contributed by atoms with Crippen molar-refractivity contribution >= 4 is 33.8 Å². The molecule has 2 aromatic heterocycles. The van der Waals surface area contributed by atoms with Gasteiger partial charge in [-0.25, -0.2) is 4.99 Å². The number of nitrogens with zero attached hydrogens (tertiary/aromatic N) is 2. The molecule has 156 valence electrons. The average Bonchev–Trinajstić information content (AvgIpc) is 3.48. The summed E-state index contributed by atoms with van der Waals surface area (Å²) >= 11 is 1.62. The molecule has 4 aliphatic carbocycles. The summed E-state index contributed by atoms with van der Waals surface area (Å²) in [6, 6.07) is 12.6. The van der Waals surface area contributed by atoms with E-state index in [-0.39, 0.29) is 0 Å². The topological polar surface area (TPSA) is 55.3 Å². The van der Waals surface area contributed by atoms with Crippen molar-refractivity contribution in [3.05, 3.63) is 52.9 Å². The molecule has 3 N–H and O–H groups in total. The summed E-state index contributed by atoms with van der Waals surface area (Å²) < 4.78 is 2.38. The van der Waals surface area contributed by atoms with Crippen molar-refractivity contribution in [3.8, 4) is 0 Å². The van der Waals surface area contributed by atoms with Gasteiger partial charge in [0.25, 0.3) is 0 Å². The molecule has 0 saturated heterocycles. The van der Waals surface area contributed by atoms with Crippen LogP contribution in [0.3, 0.4) is 0 Å². The van der Waals surface area contributed by atoms with Crippen LogP contribution >= 0.6 is 11.3 Å². The van der Waals surface area contributed by atoms with Gasteiger partial charge in [0, 0.05) is 29.2 Å². The zero-order valence-electron chi connectivity index (χ0n) is 17.4. The van der Waals surface area contributed by atoms with Crippen molar-refractivity contribution in [3.63, 3.8) is 0 Å². The van der Waals surface area contributed by atoms with E-state index in [1.165, 1.54) is 49.4 Å². The van der Waals surface area contributed by atoms with Crippen LogP contribution in [-0.4, -0.2) is 22.5 Å². The minimum absolute atomic E-state index is 0.502. The third-order valence-corrected chi connectivity index (χ3v) is 8.71. The van der Waals surface area contributed by atoms with Crippen molar-refractivity contribution in [2.45, 2.75) is 50.6 Å². The molecule has 4 bridgehead atoms. The molecule has 30 heavy (non-hydrogen) atoms. The number of hydrogen-bond acceptors (Lipinski definition) is 3. The van der Waals surface area contributed by atoms with Crippen molar-refractivity contribution < 1.29 is 0 Å². The second-order valence-electron chi connectivity index (χ2n) is 9.71. The fraction of sp³-hybridized carbons (Fsp3) is 0.480. The lowest BCUT2D eigenvalue weighted by atomic mass is 9.80. The lowest BCUT2D eigenvalue weighted by Crippen LogP contribution is -2.46. The number of thiophene rings is 1. The minimum Gasteiger partial charge on any atom is -0.383 e. The SMILES string of the molecule is NC(=Nc1ccc2c(ccn2CCCNC23CC4CC(CC2C4)C3)c1)c1cccs1. The molecule has 2 heterocycles. The Kier molecular flexibility index (Phi) is 4.50. The highest BCUT2D eigenvalue weighted by atomic mass is 32.1. The number of aliphatic imine (C=N–C) groups is 1. The third-order valence-electron chi connectivity index (χ3n) is 7.82. The number of nitrogens with two attached hydrogens (primary N) is 1. The van der Waals surface area contributed by atoms with E-state index in [0.29, 0.717) is 11.4 Å². The molecule has 2 unspecified atom stereocenters. The van der Waals surface area contributed by atoms with Crippen molar-refractivity contribution in [2.75, 3.05) is 6.54 Å². The Hall–Kier alpha value is -2.11. The molecule has 4 aliphatic rings. The first kappa shape index (κ1) is 18.6. The van der Waals surface area contributed by atoms with E-state index < -0.39 is 0 Å². The number of hydrogen-bond donors (Lipinski definition) is 2. The van der Waals surface area contributed by atoms with E-state index in [4.69, 9.17) is 5.73 Å². The maximum atomic E-state index is 6.15. The predicted molar refractivity (Wildman–Crippen MR) is 126 cm³/mol. The van der Waals surface area contributed by atoms with Crippen molar-refractivity contribution in [1.82, 2.24) is 9.88 Å². The second-order valence-corrected chi connectivity index (χ2v) is 10.7. The Labute approximate surface area is 182 Å². The molecule has 0 amide bonds. The smallest absolute Gasteiger partial charge is 0.141 e. The average molecular weight is 419 g/mol. The molecule has 4 fully saturated rings. The van der Waals surface area contributed by atoms with Gasteiger partial charge in [-0.2, -0.15) is 0 Å². The van der Waals surface area contributed by atoms with Gasteiger partial charge < -0.3 is 15.6 Å². The monoisotopic (exact) mass is 418 g/mol. The van der Waals surface area contributed by atoms with Crippen LogP contribution in [0.15, 0.2) is 53.0 Å². The Bertz CT molecular complexity index is 1070. The molecule has 4 saturated carbocycles. The first-order chi connectivity index (χ1) is 14.7. The van der Waals surface area contributed by atoms with Gasteiger partial charge in [-0.1, -0.05) is 6.07 Å². The first-order valence-corrected chi connectivity index (χ1v) is 12.3. The number of nitrogens with one attached hydrogen (secondary N) is 1. The third kappa shape index (κ3) is 3.19. The number of aryl methyl sites for hydroxylation is 1. The van der Waals surface area contributed by atoms with E-state index in [9.17, 15) is 0 Å². The summed E-state index contributed by atoms with van der Waals surface area (Å²) in [6.45, 7) is 2.19. The summed E-state index contributed by atoms with van der Waals surface area (Å²) in [7, 11) is 0. The van der Waals surface area contributed by atoms with Gasteiger partial charge in [0.1, 0.15) is 5.84 Å². The van der Waals surface area contributed by atoms with Gasteiger partial charge in [-0.05, 0) is 98.5 Å². The van der Waals surface area contributed by atoms with Crippen LogP contribution in [0.25, 0.3) is 10.9 Å². The Balaban J connectivity index is 1.09. The normalized spacial score (nSPS) is 30.0. The molecule has 0 aliphatic heterocycles. The highest BCUT2D eigenvalue weighted by Crippen LogP contribution is 2.60. The lowest BCUT2D eigenvalue weighted by Gasteiger charge is -2.34. The quantitative estimate of drug-likeness (QED) is 0.311. The number of rotatable bonds is 7. The van der Waals surface area contributed by atoms with Gasteiger partial charge in [0.2, 0.25) is 0 Å². The molecule has 5 heteroatoms. The Morgan fingerprint density at radius 1 is 1.17 bits per heavy atom. The molecule has 2 atom stereocenters. The fourth-order valence-corrected chi connectivity index (χ4v) is 7.37. The summed E-state index contributed by atoms with van der Waals surface area (Å²) in [5, 5.41) is 7.28. The van der Waals surface area contributed by atoms with Crippen LogP contribution in [0, 0.1) is 17.8 Å². The standard InChI is InChI=1S/C25H30N4S/c26-24(23-3-1-10-30-23)28-21-4-5-22-19(14-21)6-9-29(22)8-2-7-27-25-15-17-11-18(16-25)13-20(25)12-17/h1,3-6,9-10,14,17-18,20,27H,2,7-8,11-13,15-16H2,(H2,26,28). The van der Waals surface area contributed by atoms with Gasteiger partial charge in [-0.3, -0.25) is 0 Å². The molecule has 0 radical (unpaired) electrons. The number of amidine groups is 1. The van der Waals surface area contributed by atoms with E-state index in [0.717, 1.165) is 41.4 Å². The highest BCUT2D eigenvalue weighted by Gasteiger charge is 2.57. The van der Waals surface area contributed by atoms with Crippen LogP contribution in [-0.2, 0) is 6.54 Å².